The van der Waals surface area contributed by atoms with Crippen LogP contribution in [0.15, 0.2) is 0 Å². The van der Waals surface area contributed by atoms with Crippen LogP contribution in [0.1, 0.15) is 60.8 Å². The van der Waals surface area contributed by atoms with Gasteiger partial charge in [0, 0.05) is 59.9 Å². The molecule has 2 fully saturated rings. The van der Waals surface area contributed by atoms with Gasteiger partial charge in [0.15, 0.2) is 0 Å². The predicted octanol–water partition coefficient (Wildman–Crippen LogP) is 1.86. The van der Waals surface area contributed by atoms with Crippen molar-refractivity contribution >= 4 is 17.9 Å². The molecule has 10 heteroatoms. The first-order chi connectivity index (χ1) is 16.8. The molecule has 0 unspecified atom stereocenters. The van der Waals surface area contributed by atoms with Crippen molar-refractivity contribution in [1.29, 1.82) is 0 Å². The summed E-state index contributed by atoms with van der Waals surface area (Å²) < 4.78 is 13.1. The third kappa shape index (κ3) is 5.63. The Morgan fingerprint density at radius 3 is 2.60 bits per heavy atom. The summed E-state index contributed by atoms with van der Waals surface area (Å²) in [5.41, 5.74) is 2.57. The van der Waals surface area contributed by atoms with Crippen molar-refractivity contribution in [3.63, 3.8) is 0 Å². The first-order valence-corrected chi connectivity index (χ1v) is 12.9. The van der Waals surface area contributed by atoms with E-state index >= 15 is 0 Å². The van der Waals surface area contributed by atoms with E-state index in [1.54, 1.807) is 23.9 Å². The topological polar surface area (TPSA) is 106 Å². The zero-order chi connectivity index (χ0) is 25.0. The zero-order valence-electron chi connectivity index (χ0n) is 21.3. The minimum absolute atomic E-state index is 0.0112. The van der Waals surface area contributed by atoms with Crippen molar-refractivity contribution in [2.45, 2.75) is 58.4 Å². The molecule has 0 atom stereocenters. The first-order valence-electron chi connectivity index (χ1n) is 12.9. The van der Waals surface area contributed by atoms with E-state index in [-0.39, 0.29) is 29.2 Å². The Hall–Kier alpha value is -2.62. The van der Waals surface area contributed by atoms with Gasteiger partial charge in [0.25, 0.3) is 5.91 Å². The third-order valence-corrected chi connectivity index (χ3v) is 7.65. The minimum atomic E-state index is -0.184. The van der Waals surface area contributed by atoms with Crippen LogP contribution in [0.5, 0.6) is 0 Å². The van der Waals surface area contributed by atoms with Gasteiger partial charge in [0.1, 0.15) is 0 Å². The number of ether oxygens (including phenoxy) is 2. The number of aryl methyl sites for hydroxylation is 2. The standard InChI is InChI=1S/C25H39N5O5/c1-4-19-21-20(16-25(17-26-22(21)31)8-14-34-15-9-25)30(27-19)10-5-13-35-23(32)18-6-11-29(12-7-18)24(33)28(2)3/h18H,4-17H2,1-3H3,(H,26,31). The Morgan fingerprint density at radius 1 is 1.23 bits per heavy atom. The van der Waals surface area contributed by atoms with Crippen LogP contribution in [0.3, 0.4) is 0 Å². The molecule has 1 N–H and O–H groups in total. The fourth-order valence-electron chi connectivity index (χ4n) is 5.45. The van der Waals surface area contributed by atoms with Crippen molar-refractivity contribution in [3.05, 3.63) is 17.0 Å². The van der Waals surface area contributed by atoms with Gasteiger partial charge >= 0.3 is 12.0 Å². The number of carbonyl (C=O) groups excluding carboxylic acids is 3. The van der Waals surface area contributed by atoms with Gasteiger partial charge in [-0.2, -0.15) is 5.10 Å². The maximum Gasteiger partial charge on any atom is 0.319 e. The Bertz CT molecular complexity index is 929. The van der Waals surface area contributed by atoms with Gasteiger partial charge in [-0.25, -0.2) is 4.79 Å². The lowest BCUT2D eigenvalue weighted by Gasteiger charge is -2.36. The number of piperidine rings is 1. The highest BCUT2D eigenvalue weighted by molar-refractivity contribution is 5.97. The molecule has 2 saturated heterocycles. The van der Waals surface area contributed by atoms with E-state index < -0.39 is 0 Å². The van der Waals surface area contributed by atoms with Gasteiger partial charge in [0.2, 0.25) is 0 Å². The number of hydrogen-bond donors (Lipinski definition) is 1. The van der Waals surface area contributed by atoms with E-state index in [1.165, 1.54) is 0 Å². The molecule has 10 nitrogen and oxygen atoms in total. The molecule has 0 radical (unpaired) electrons. The van der Waals surface area contributed by atoms with Gasteiger partial charge in [-0.3, -0.25) is 14.3 Å². The second kappa shape index (κ2) is 11.0. The van der Waals surface area contributed by atoms with E-state index in [4.69, 9.17) is 14.6 Å². The number of likely N-dealkylation sites (tertiary alicyclic amines) is 1. The fourth-order valence-corrected chi connectivity index (χ4v) is 5.45. The predicted molar refractivity (Wildman–Crippen MR) is 129 cm³/mol. The molecule has 4 heterocycles. The SMILES string of the molecule is CCc1nn(CCCOC(=O)C2CCN(C(=O)N(C)C)CC2)c2c1C(=O)NCC1(CCOCC1)C2. The molecular weight excluding hydrogens is 450 g/mol. The highest BCUT2D eigenvalue weighted by atomic mass is 16.5. The number of rotatable bonds is 6. The average molecular weight is 490 g/mol. The van der Waals surface area contributed by atoms with Crippen molar-refractivity contribution in [2.75, 3.05) is 53.6 Å². The molecule has 0 aliphatic carbocycles. The molecule has 194 valence electrons. The number of amides is 3. The molecular formula is C25H39N5O5. The largest absolute Gasteiger partial charge is 0.465 e. The summed E-state index contributed by atoms with van der Waals surface area (Å²) in [7, 11) is 3.47. The molecule has 35 heavy (non-hydrogen) atoms. The fraction of sp³-hybridized carbons (Fsp3) is 0.760. The Labute approximate surface area is 207 Å². The van der Waals surface area contributed by atoms with E-state index in [0.717, 1.165) is 49.4 Å². The third-order valence-electron chi connectivity index (χ3n) is 7.65. The van der Waals surface area contributed by atoms with E-state index in [9.17, 15) is 14.4 Å². The number of esters is 1. The van der Waals surface area contributed by atoms with Crippen LogP contribution in [-0.2, 0) is 33.7 Å². The van der Waals surface area contributed by atoms with Crippen LogP contribution in [0.2, 0.25) is 0 Å². The second-order valence-corrected chi connectivity index (χ2v) is 10.3. The number of urea groups is 1. The number of fused-ring (bicyclic) bond motifs is 1. The Morgan fingerprint density at radius 2 is 1.94 bits per heavy atom. The molecule has 0 bridgehead atoms. The van der Waals surface area contributed by atoms with E-state index in [1.807, 2.05) is 11.6 Å². The monoisotopic (exact) mass is 489 g/mol. The van der Waals surface area contributed by atoms with Gasteiger partial charge in [-0.1, -0.05) is 6.92 Å². The average Bonchev–Trinajstić information content (AvgIpc) is 3.15. The molecule has 3 aliphatic rings. The van der Waals surface area contributed by atoms with E-state index in [0.29, 0.717) is 58.5 Å². The summed E-state index contributed by atoms with van der Waals surface area (Å²) in [6.07, 6.45) is 5.26. The molecule has 4 rings (SSSR count). The van der Waals surface area contributed by atoms with Gasteiger partial charge < -0.3 is 24.6 Å². The van der Waals surface area contributed by atoms with Crippen LogP contribution < -0.4 is 5.32 Å². The van der Waals surface area contributed by atoms with Crippen LogP contribution in [-0.4, -0.2) is 91.0 Å². The number of nitrogens with zero attached hydrogens (tertiary/aromatic N) is 4. The van der Waals surface area contributed by atoms with Crippen molar-refractivity contribution in [1.82, 2.24) is 24.9 Å². The second-order valence-electron chi connectivity index (χ2n) is 10.3. The number of nitrogens with one attached hydrogen (secondary N) is 1. The lowest BCUT2D eigenvalue weighted by Crippen LogP contribution is -2.45. The molecule has 1 aromatic rings. The molecule has 0 aromatic carbocycles. The quantitative estimate of drug-likeness (QED) is 0.483. The van der Waals surface area contributed by atoms with Gasteiger partial charge in [0.05, 0.1) is 29.5 Å². The van der Waals surface area contributed by atoms with Crippen LogP contribution in [0.25, 0.3) is 0 Å². The van der Waals surface area contributed by atoms with E-state index in [2.05, 4.69) is 5.32 Å². The van der Waals surface area contributed by atoms with Crippen LogP contribution in [0.4, 0.5) is 4.79 Å². The first kappa shape index (κ1) is 25.5. The van der Waals surface area contributed by atoms with Crippen molar-refractivity contribution < 1.29 is 23.9 Å². The van der Waals surface area contributed by atoms with Gasteiger partial charge in [-0.15, -0.1) is 0 Å². The number of hydrogen-bond acceptors (Lipinski definition) is 6. The number of carbonyl (C=O) groups is 3. The minimum Gasteiger partial charge on any atom is -0.465 e. The Balaban J connectivity index is 1.32. The van der Waals surface area contributed by atoms with Crippen LogP contribution >= 0.6 is 0 Å². The van der Waals surface area contributed by atoms with Crippen molar-refractivity contribution in [2.24, 2.45) is 11.3 Å². The summed E-state index contributed by atoms with van der Waals surface area (Å²) in [5.74, 6) is -0.376. The summed E-state index contributed by atoms with van der Waals surface area (Å²) >= 11 is 0. The maximum absolute atomic E-state index is 12.9. The number of aromatic nitrogens is 2. The smallest absolute Gasteiger partial charge is 0.319 e. The molecule has 0 saturated carbocycles. The summed E-state index contributed by atoms with van der Waals surface area (Å²) in [6, 6.07) is -0.0159. The van der Waals surface area contributed by atoms with Gasteiger partial charge in [-0.05, 0) is 43.9 Å². The lowest BCUT2D eigenvalue weighted by atomic mass is 9.76. The molecule has 3 aliphatic heterocycles. The normalized spacial score (nSPS) is 20.2. The zero-order valence-corrected chi connectivity index (χ0v) is 21.3. The van der Waals surface area contributed by atoms with Crippen LogP contribution in [0, 0.1) is 11.3 Å². The summed E-state index contributed by atoms with van der Waals surface area (Å²) in [4.78, 5) is 40.9. The molecule has 3 amide bonds. The maximum atomic E-state index is 12.9. The Kier molecular flexibility index (Phi) is 7.98. The molecule has 1 aromatic heterocycles. The summed E-state index contributed by atoms with van der Waals surface area (Å²) in [6.45, 7) is 6.20. The molecule has 1 spiro atoms. The highest BCUT2D eigenvalue weighted by Crippen LogP contribution is 2.37. The highest BCUT2D eigenvalue weighted by Gasteiger charge is 2.39. The summed E-state index contributed by atoms with van der Waals surface area (Å²) in [5, 5.41) is 7.91. The lowest BCUT2D eigenvalue weighted by molar-refractivity contribution is -0.150. The van der Waals surface area contributed by atoms with Crippen molar-refractivity contribution in [3.8, 4) is 0 Å².